The Morgan fingerprint density at radius 1 is 0.971 bits per heavy atom. The number of hydrogen-bond acceptors (Lipinski definition) is 7. The molecule has 0 atom stereocenters. The standard InChI is InChI=1S/C26H24N4O4S/c1-2-29-25(22-12-7-15-33-22)27-28-26(29)35-17-24(32)34-16-23(31)30-20-10-5-3-8-18(20)13-14-19-9-4-6-11-21(19)30/h3-12,15H,2,13-14,16-17H2,1H3. The van der Waals surface area contributed by atoms with Crippen molar-refractivity contribution in [3.63, 3.8) is 0 Å². The van der Waals surface area contributed by atoms with E-state index in [1.54, 1.807) is 17.2 Å². The molecule has 1 amide bonds. The zero-order valence-electron chi connectivity index (χ0n) is 19.2. The molecule has 0 radical (unpaired) electrons. The summed E-state index contributed by atoms with van der Waals surface area (Å²) < 4.78 is 12.7. The number of carbonyl (C=O) groups excluding carboxylic acids is 2. The summed E-state index contributed by atoms with van der Waals surface area (Å²) in [6, 6.07) is 19.3. The number of aryl methyl sites for hydroxylation is 2. The third-order valence-electron chi connectivity index (χ3n) is 5.83. The zero-order chi connectivity index (χ0) is 24.2. The molecule has 3 heterocycles. The molecule has 35 heavy (non-hydrogen) atoms. The number of hydrogen-bond donors (Lipinski definition) is 0. The number of thioether (sulfide) groups is 1. The number of nitrogens with zero attached hydrogens (tertiary/aromatic N) is 4. The van der Waals surface area contributed by atoms with Crippen LogP contribution in [0.15, 0.2) is 76.5 Å². The average Bonchev–Trinajstić information content (AvgIpc) is 3.52. The Kier molecular flexibility index (Phi) is 6.67. The number of esters is 1. The van der Waals surface area contributed by atoms with Crippen molar-refractivity contribution >= 4 is 35.0 Å². The van der Waals surface area contributed by atoms with E-state index in [1.807, 2.05) is 66.1 Å². The number of fused-ring (bicyclic) bond motifs is 2. The van der Waals surface area contributed by atoms with Crippen LogP contribution in [0.1, 0.15) is 18.1 Å². The Morgan fingerprint density at radius 3 is 2.29 bits per heavy atom. The molecule has 178 valence electrons. The van der Waals surface area contributed by atoms with Gasteiger partial charge in [0.15, 0.2) is 23.3 Å². The Morgan fingerprint density at radius 2 is 1.66 bits per heavy atom. The van der Waals surface area contributed by atoms with E-state index in [1.165, 1.54) is 11.8 Å². The van der Waals surface area contributed by atoms with Crippen LogP contribution in [0.25, 0.3) is 11.6 Å². The number of furan rings is 1. The van der Waals surface area contributed by atoms with Gasteiger partial charge in [-0.05, 0) is 55.2 Å². The van der Waals surface area contributed by atoms with Crippen molar-refractivity contribution in [2.45, 2.75) is 31.5 Å². The highest BCUT2D eigenvalue weighted by Gasteiger charge is 2.26. The SMILES string of the molecule is CCn1c(SCC(=O)OCC(=O)N2c3ccccc3CCc3ccccc32)nnc1-c1ccco1. The lowest BCUT2D eigenvalue weighted by molar-refractivity contribution is -0.144. The maximum atomic E-state index is 13.3. The van der Waals surface area contributed by atoms with E-state index in [2.05, 4.69) is 10.2 Å². The summed E-state index contributed by atoms with van der Waals surface area (Å²) in [5, 5.41) is 8.94. The molecule has 8 nitrogen and oxygen atoms in total. The summed E-state index contributed by atoms with van der Waals surface area (Å²) in [5.41, 5.74) is 3.83. The van der Waals surface area contributed by atoms with Crippen LogP contribution >= 0.6 is 11.8 Å². The molecule has 0 saturated carbocycles. The predicted molar refractivity (Wildman–Crippen MR) is 133 cm³/mol. The van der Waals surface area contributed by atoms with E-state index in [4.69, 9.17) is 9.15 Å². The fraction of sp³-hybridized carbons (Fsp3) is 0.231. The van der Waals surface area contributed by atoms with Crippen molar-refractivity contribution in [3.05, 3.63) is 78.1 Å². The Bertz CT molecular complexity index is 1300. The first-order chi connectivity index (χ1) is 17.2. The van der Waals surface area contributed by atoms with Gasteiger partial charge in [-0.25, -0.2) is 0 Å². The maximum Gasteiger partial charge on any atom is 0.316 e. The number of para-hydroxylation sites is 2. The van der Waals surface area contributed by atoms with Crippen LogP contribution in [-0.4, -0.2) is 39.0 Å². The van der Waals surface area contributed by atoms with Gasteiger partial charge < -0.3 is 9.15 Å². The van der Waals surface area contributed by atoms with Crippen LogP contribution in [0.4, 0.5) is 11.4 Å². The van der Waals surface area contributed by atoms with Gasteiger partial charge in [0.25, 0.3) is 5.91 Å². The molecule has 2 aromatic carbocycles. The van der Waals surface area contributed by atoms with Gasteiger partial charge in [0.05, 0.1) is 23.4 Å². The molecule has 9 heteroatoms. The monoisotopic (exact) mass is 488 g/mol. The molecular weight excluding hydrogens is 464 g/mol. The van der Waals surface area contributed by atoms with Gasteiger partial charge in [-0.2, -0.15) is 0 Å². The zero-order valence-corrected chi connectivity index (χ0v) is 20.0. The largest absolute Gasteiger partial charge is 0.461 e. The highest BCUT2D eigenvalue weighted by atomic mass is 32.2. The minimum Gasteiger partial charge on any atom is -0.461 e. The van der Waals surface area contributed by atoms with Crippen molar-refractivity contribution in [1.82, 2.24) is 14.8 Å². The third-order valence-corrected chi connectivity index (χ3v) is 6.77. The Labute approximate surface area is 206 Å². The molecule has 4 aromatic rings. The quantitative estimate of drug-likeness (QED) is 0.276. The summed E-state index contributed by atoms with van der Waals surface area (Å²) in [4.78, 5) is 27.5. The van der Waals surface area contributed by atoms with Crippen molar-refractivity contribution < 1.29 is 18.7 Å². The first-order valence-corrected chi connectivity index (χ1v) is 12.4. The first-order valence-electron chi connectivity index (χ1n) is 11.4. The Hall–Kier alpha value is -3.85. The van der Waals surface area contributed by atoms with E-state index in [9.17, 15) is 9.59 Å². The van der Waals surface area contributed by atoms with Crippen LogP contribution in [0, 0.1) is 0 Å². The second kappa shape index (κ2) is 10.2. The molecule has 0 fully saturated rings. The van der Waals surface area contributed by atoms with Crippen molar-refractivity contribution in [2.24, 2.45) is 0 Å². The molecule has 0 saturated heterocycles. The number of rotatable bonds is 7. The van der Waals surface area contributed by atoms with Gasteiger partial charge >= 0.3 is 5.97 Å². The van der Waals surface area contributed by atoms with Crippen LogP contribution in [0.5, 0.6) is 0 Å². The molecule has 2 aromatic heterocycles. The normalized spacial score (nSPS) is 12.5. The van der Waals surface area contributed by atoms with E-state index < -0.39 is 5.97 Å². The topological polar surface area (TPSA) is 90.5 Å². The van der Waals surface area contributed by atoms with Crippen LogP contribution in [0.3, 0.4) is 0 Å². The van der Waals surface area contributed by atoms with E-state index in [-0.39, 0.29) is 18.3 Å². The predicted octanol–water partition coefficient (Wildman–Crippen LogP) is 4.66. The van der Waals surface area contributed by atoms with E-state index >= 15 is 0 Å². The lowest BCUT2D eigenvalue weighted by atomic mass is 10.0. The number of ether oxygens (including phenoxy) is 1. The lowest BCUT2D eigenvalue weighted by Gasteiger charge is -2.24. The molecule has 0 unspecified atom stereocenters. The van der Waals surface area contributed by atoms with Crippen LogP contribution < -0.4 is 4.90 Å². The second-order valence-electron chi connectivity index (χ2n) is 7.96. The summed E-state index contributed by atoms with van der Waals surface area (Å²) in [6.45, 7) is 2.24. The summed E-state index contributed by atoms with van der Waals surface area (Å²) in [7, 11) is 0. The van der Waals surface area contributed by atoms with Gasteiger partial charge in [-0.15, -0.1) is 10.2 Å². The van der Waals surface area contributed by atoms with Crippen LogP contribution in [-0.2, 0) is 33.7 Å². The number of anilines is 2. The van der Waals surface area contributed by atoms with Gasteiger partial charge in [-0.3, -0.25) is 19.1 Å². The smallest absolute Gasteiger partial charge is 0.316 e. The summed E-state index contributed by atoms with van der Waals surface area (Å²) in [5.74, 6) is 0.433. The van der Waals surface area contributed by atoms with Crippen LogP contribution in [0.2, 0.25) is 0 Å². The number of benzene rings is 2. The van der Waals surface area contributed by atoms with Gasteiger partial charge in [0.2, 0.25) is 0 Å². The number of aromatic nitrogens is 3. The molecule has 0 N–H and O–H groups in total. The second-order valence-corrected chi connectivity index (χ2v) is 8.91. The van der Waals surface area contributed by atoms with Gasteiger partial charge in [-0.1, -0.05) is 48.2 Å². The van der Waals surface area contributed by atoms with Crippen molar-refractivity contribution in [3.8, 4) is 11.6 Å². The highest BCUT2D eigenvalue weighted by Crippen LogP contribution is 2.36. The van der Waals surface area contributed by atoms with Gasteiger partial charge in [0.1, 0.15) is 0 Å². The first kappa shape index (κ1) is 22.9. The van der Waals surface area contributed by atoms with E-state index in [0.29, 0.717) is 23.3 Å². The molecular formula is C26H24N4O4S. The fourth-order valence-electron chi connectivity index (χ4n) is 4.19. The molecule has 0 spiro atoms. The fourth-order valence-corrected chi connectivity index (χ4v) is 4.99. The lowest BCUT2D eigenvalue weighted by Crippen LogP contribution is -2.31. The van der Waals surface area contributed by atoms with Crippen molar-refractivity contribution in [2.75, 3.05) is 17.3 Å². The minimum atomic E-state index is -0.495. The highest BCUT2D eigenvalue weighted by molar-refractivity contribution is 7.99. The maximum absolute atomic E-state index is 13.3. The number of amides is 1. The molecule has 0 bridgehead atoms. The summed E-state index contributed by atoms with van der Waals surface area (Å²) >= 11 is 1.21. The summed E-state index contributed by atoms with van der Waals surface area (Å²) in [6.07, 6.45) is 3.25. The van der Waals surface area contributed by atoms with Crippen molar-refractivity contribution in [1.29, 1.82) is 0 Å². The molecule has 1 aliphatic heterocycles. The average molecular weight is 489 g/mol. The minimum absolute atomic E-state index is 0.0107. The van der Waals surface area contributed by atoms with Gasteiger partial charge in [0, 0.05) is 6.54 Å². The molecule has 5 rings (SSSR count). The number of carbonyl (C=O) groups is 2. The van der Waals surface area contributed by atoms with E-state index in [0.717, 1.165) is 35.3 Å². The third kappa shape index (κ3) is 4.72. The molecule has 1 aliphatic rings. The Balaban J connectivity index is 1.26. The molecule has 0 aliphatic carbocycles.